The first-order chi connectivity index (χ1) is 8.33. The molecule has 2 N–H and O–H groups in total. The van der Waals surface area contributed by atoms with E-state index in [0.29, 0.717) is 12.1 Å². The zero-order chi connectivity index (χ0) is 11.7. The van der Waals surface area contributed by atoms with E-state index in [1.807, 2.05) is 0 Å². The highest BCUT2D eigenvalue weighted by Crippen LogP contribution is 2.33. The van der Waals surface area contributed by atoms with Crippen LogP contribution in [0.2, 0.25) is 0 Å². The molecule has 1 heterocycles. The SMILES string of the molecule is NC(Cc1ccn(C2CCCCC2)n1)C1CC1. The molecule has 0 aliphatic heterocycles. The van der Waals surface area contributed by atoms with E-state index in [-0.39, 0.29) is 0 Å². The van der Waals surface area contributed by atoms with Crippen molar-refractivity contribution in [1.82, 2.24) is 9.78 Å². The van der Waals surface area contributed by atoms with Crippen LogP contribution in [0.1, 0.15) is 56.7 Å². The Morgan fingerprint density at radius 2 is 2.00 bits per heavy atom. The molecule has 2 aliphatic carbocycles. The normalized spacial score (nSPS) is 23.8. The largest absolute Gasteiger partial charge is 0.327 e. The Labute approximate surface area is 103 Å². The fourth-order valence-corrected chi connectivity index (χ4v) is 2.97. The molecule has 3 rings (SSSR count). The lowest BCUT2D eigenvalue weighted by atomic mass is 9.96. The van der Waals surface area contributed by atoms with Gasteiger partial charge in [0.2, 0.25) is 0 Å². The number of nitrogens with zero attached hydrogens (tertiary/aromatic N) is 2. The van der Waals surface area contributed by atoms with Gasteiger partial charge in [-0.15, -0.1) is 0 Å². The predicted octanol–water partition coefficient (Wildman–Crippen LogP) is 2.67. The maximum Gasteiger partial charge on any atom is 0.0640 e. The topological polar surface area (TPSA) is 43.8 Å². The summed E-state index contributed by atoms with van der Waals surface area (Å²) in [5.41, 5.74) is 7.34. The average molecular weight is 233 g/mol. The molecule has 0 radical (unpaired) electrons. The standard InChI is InChI=1S/C14H23N3/c15-14(11-6-7-11)10-12-8-9-17(16-12)13-4-2-1-3-5-13/h8-9,11,13-14H,1-7,10,15H2. The average Bonchev–Trinajstić information content (AvgIpc) is 3.12. The van der Waals surface area contributed by atoms with E-state index in [4.69, 9.17) is 10.8 Å². The van der Waals surface area contributed by atoms with Crippen molar-refractivity contribution < 1.29 is 0 Å². The third kappa shape index (κ3) is 2.71. The summed E-state index contributed by atoms with van der Waals surface area (Å²) in [5.74, 6) is 0.773. The van der Waals surface area contributed by atoms with Crippen LogP contribution in [-0.2, 0) is 6.42 Å². The van der Waals surface area contributed by atoms with Gasteiger partial charge in [0, 0.05) is 18.7 Å². The molecular weight excluding hydrogens is 210 g/mol. The Bertz CT molecular complexity index is 361. The molecular formula is C14H23N3. The van der Waals surface area contributed by atoms with Crippen molar-refractivity contribution >= 4 is 0 Å². The van der Waals surface area contributed by atoms with Gasteiger partial charge in [-0.05, 0) is 37.7 Å². The Hall–Kier alpha value is -0.830. The maximum atomic E-state index is 6.15. The number of hydrogen-bond acceptors (Lipinski definition) is 2. The van der Waals surface area contributed by atoms with E-state index in [0.717, 1.165) is 12.3 Å². The lowest BCUT2D eigenvalue weighted by molar-refractivity contribution is 0.327. The summed E-state index contributed by atoms with van der Waals surface area (Å²) in [6.45, 7) is 0. The molecule has 0 aromatic carbocycles. The molecule has 0 amide bonds. The summed E-state index contributed by atoms with van der Waals surface area (Å²) in [6.07, 6.45) is 12.5. The molecule has 0 spiro atoms. The summed E-state index contributed by atoms with van der Waals surface area (Å²) >= 11 is 0. The molecule has 94 valence electrons. The number of hydrogen-bond donors (Lipinski definition) is 1. The van der Waals surface area contributed by atoms with Crippen molar-refractivity contribution in [2.75, 3.05) is 0 Å². The van der Waals surface area contributed by atoms with Crippen LogP contribution in [0.15, 0.2) is 12.3 Å². The van der Waals surface area contributed by atoms with Crippen LogP contribution < -0.4 is 5.73 Å². The van der Waals surface area contributed by atoms with E-state index < -0.39 is 0 Å². The Morgan fingerprint density at radius 1 is 1.24 bits per heavy atom. The Balaban J connectivity index is 1.60. The third-order valence-electron chi connectivity index (χ3n) is 4.28. The van der Waals surface area contributed by atoms with Crippen molar-refractivity contribution in [2.24, 2.45) is 11.7 Å². The van der Waals surface area contributed by atoms with Crippen molar-refractivity contribution in [3.05, 3.63) is 18.0 Å². The van der Waals surface area contributed by atoms with Crippen molar-refractivity contribution in [3.8, 4) is 0 Å². The fraction of sp³-hybridized carbons (Fsp3) is 0.786. The lowest BCUT2D eigenvalue weighted by Gasteiger charge is -2.21. The van der Waals surface area contributed by atoms with E-state index in [1.54, 1.807) is 0 Å². The van der Waals surface area contributed by atoms with Crippen LogP contribution in [0, 0.1) is 5.92 Å². The highest BCUT2D eigenvalue weighted by Gasteiger charge is 2.29. The van der Waals surface area contributed by atoms with E-state index in [9.17, 15) is 0 Å². The van der Waals surface area contributed by atoms with Gasteiger partial charge in [-0.3, -0.25) is 4.68 Å². The van der Waals surface area contributed by atoms with Gasteiger partial charge in [0.05, 0.1) is 11.7 Å². The molecule has 3 nitrogen and oxygen atoms in total. The van der Waals surface area contributed by atoms with Gasteiger partial charge in [-0.25, -0.2) is 0 Å². The molecule has 0 bridgehead atoms. The molecule has 1 aromatic rings. The Morgan fingerprint density at radius 3 is 2.71 bits per heavy atom. The maximum absolute atomic E-state index is 6.15. The fourth-order valence-electron chi connectivity index (χ4n) is 2.97. The zero-order valence-electron chi connectivity index (χ0n) is 10.5. The second kappa shape index (κ2) is 4.81. The summed E-state index contributed by atoms with van der Waals surface area (Å²) in [6, 6.07) is 3.15. The van der Waals surface area contributed by atoms with Crippen LogP contribution in [0.3, 0.4) is 0 Å². The summed E-state index contributed by atoms with van der Waals surface area (Å²) in [4.78, 5) is 0. The van der Waals surface area contributed by atoms with Crippen LogP contribution in [0.25, 0.3) is 0 Å². The highest BCUT2D eigenvalue weighted by atomic mass is 15.3. The van der Waals surface area contributed by atoms with Crippen molar-refractivity contribution in [1.29, 1.82) is 0 Å². The summed E-state index contributed by atoms with van der Waals surface area (Å²) in [7, 11) is 0. The molecule has 1 aromatic heterocycles. The van der Waals surface area contributed by atoms with Gasteiger partial charge in [0.1, 0.15) is 0 Å². The summed E-state index contributed by atoms with van der Waals surface area (Å²) in [5, 5.41) is 4.72. The minimum atomic E-state index is 0.338. The molecule has 17 heavy (non-hydrogen) atoms. The smallest absolute Gasteiger partial charge is 0.0640 e. The predicted molar refractivity (Wildman–Crippen MR) is 68.8 cm³/mol. The van der Waals surface area contributed by atoms with Gasteiger partial charge < -0.3 is 5.73 Å². The van der Waals surface area contributed by atoms with Gasteiger partial charge in [0.15, 0.2) is 0 Å². The number of rotatable bonds is 4. The Kier molecular flexibility index (Phi) is 3.19. The first kappa shape index (κ1) is 11.3. The van der Waals surface area contributed by atoms with E-state index in [1.165, 1.54) is 50.6 Å². The second-order valence-corrected chi connectivity index (χ2v) is 5.78. The van der Waals surface area contributed by atoms with Gasteiger partial charge in [-0.2, -0.15) is 5.10 Å². The molecule has 2 saturated carbocycles. The van der Waals surface area contributed by atoms with Gasteiger partial charge >= 0.3 is 0 Å². The monoisotopic (exact) mass is 233 g/mol. The lowest BCUT2D eigenvalue weighted by Crippen LogP contribution is -2.25. The second-order valence-electron chi connectivity index (χ2n) is 5.78. The molecule has 3 heteroatoms. The molecule has 1 atom stereocenters. The first-order valence-corrected chi connectivity index (χ1v) is 7.12. The van der Waals surface area contributed by atoms with E-state index >= 15 is 0 Å². The van der Waals surface area contributed by atoms with Crippen LogP contribution in [-0.4, -0.2) is 15.8 Å². The van der Waals surface area contributed by atoms with Crippen LogP contribution in [0.4, 0.5) is 0 Å². The number of aromatic nitrogens is 2. The molecule has 0 saturated heterocycles. The van der Waals surface area contributed by atoms with Gasteiger partial charge in [-0.1, -0.05) is 19.3 Å². The third-order valence-corrected chi connectivity index (χ3v) is 4.28. The van der Waals surface area contributed by atoms with Crippen molar-refractivity contribution in [2.45, 2.75) is 63.5 Å². The summed E-state index contributed by atoms with van der Waals surface area (Å²) < 4.78 is 2.19. The minimum absolute atomic E-state index is 0.338. The van der Waals surface area contributed by atoms with E-state index in [2.05, 4.69) is 16.9 Å². The van der Waals surface area contributed by atoms with Crippen LogP contribution in [0.5, 0.6) is 0 Å². The molecule has 2 aliphatic rings. The zero-order valence-corrected chi connectivity index (χ0v) is 10.5. The minimum Gasteiger partial charge on any atom is -0.327 e. The van der Waals surface area contributed by atoms with Crippen LogP contribution >= 0.6 is 0 Å². The highest BCUT2D eigenvalue weighted by molar-refractivity contribution is 5.04. The quantitative estimate of drug-likeness (QED) is 0.869. The molecule has 1 unspecified atom stereocenters. The van der Waals surface area contributed by atoms with Crippen molar-refractivity contribution in [3.63, 3.8) is 0 Å². The first-order valence-electron chi connectivity index (χ1n) is 7.12. The number of nitrogens with two attached hydrogens (primary N) is 1. The van der Waals surface area contributed by atoms with Gasteiger partial charge in [0.25, 0.3) is 0 Å². The molecule has 2 fully saturated rings.